The second-order valence-corrected chi connectivity index (χ2v) is 9.83. The quantitative estimate of drug-likeness (QED) is 0.449. The zero-order chi connectivity index (χ0) is 27.0. The molecule has 36 heavy (non-hydrogen) atoms. The van der Waals surface area contributed by atoms with Crippen molar-refractivity contribution in [3.05, 3.63) is 64.2 Å². The Kier molecular flexibility index (Phi) is 10.3. The standard InChI is InChI=1S/C27H36ClN3O5/c1-7-18-12-14-19(15-13-18)23(24(33)30-22-17(3)10-9-11-20(22)28)31(8-2)25(34)21(16-32)29-26(35)36-27(4,5)6/h9-15,21,23,32H,7-8,16H2,1-6H3,(H,29,35)(H,30,33). The summed E-state index contributed by atoms with van der Waals surface area (Å²) in [6, 6.07) is 10.3. The molecule has 3 N–H and O–H groups in total. The Morgan fingerprint density at radius 3 is 2.22 bits per heavy atom. The van der Waals surface area contributed by atoms with Crippen molar-refractivity contribution in [2.45, 2.75) is 65.6 Å². The molecule has 3 amide bonds. The third-order valence-corrected chi connectivity index (χ3v) is 5.84. The van der Waals surface area contributed by atoms with E-state index >= 15 is 0 Å². The molecule has 2 aromatic rings. The van der Waals surface area contributed by atoms with Gasteiger partial charge < -0.3 is 25.4 Å². The lowest BCUT2D eigenvalue weighted by molar-refractivity contribution is -0.141. The first-order valence-electron chi connectivity index (χ1n) is 12.0. The molecule has 0 aromatic heterocycles. The highest BCUT2D eigenvalue weighted by Crippen LogP contribution is 2.29. The van der Waals surface area contributed by atoms with E-state index in [1.54, 1.807) is 52.0 Å². The van der Waals surface area contributed by atoms with E-state index in [2.05, 4.69) is 10.6 Å². The Morgan fingerprint density at radius 2 is 1.72 bits per heavy atom. The summed E-state index contributed by atoms with van der Waals surface area (Å²) in [5, 5.41) is 15.6. The summed E-state index contributed by atoms with van der Waals surface area (Å²) in [5.41, 5.74) is 2.10. The van der Waals surface area contributed by atoms with Gasteiger partial charge in [-0.3, -0.25) is 9.59 Å². The van der Waals surface area contributed by atoms with Gasteiger partial charge in [-0.2, -0.15) is 0 Å². The molecule has 0 fully saturated rings. The van der Waals surface area contributed by atoms with Crippen LogP contribution >= 0.6 is 11.6 Å². The Morgan fingerprint density at radius 1 is 1.08 bits per heavy atom. The predicted molar refractivity (Wildman–Crippen MR) is 141 cm³/mol. The topological polar surface area (TPSA) is 108 Å². The number of rotatable bonds is 9. The average molecular weight is 518 g/mol. The minimum absolute atomic E-state index is 0.139. The fraction of sp³-hybridized carbons (Fsp3) is 0.444. The number of likely N-dealkylation sites (N-methyl/N-ethyl adjacent to an activating group) is 1. The third kappa shape index (κ3) is 7.70. The number of aryl methyl sites for hydroxylation is 2. The molecule has 2 aromatic carbocycles. The van der Waals surface area contributed by atoms with Gasteiger partial charge in [0, 0.05) is 6.54 Å². The summed E-state index contributed by atoms with van der Waals surface area (Å²) >= 11 is 6.33. The van der Waals surface area contributed by atoms with Crippen molar-refractivity contribution in [1.82, 2.24) is 10.2 Å². The number of nitrogens with zero attached hydrogens (tertiary/aromatic N) is 1. The van der Waals surface area contributed by atoms with Gasteiger partial charge in [-0.25, -0.2) is 4.79 Å². The normalized spacial score (nSPS) is 12.9. The molecular formula is C27H36ClN3O5. The Bertz CT molecular complexity index is 1050. The largest absolute Gasteiger partial charge is 0.444 e. The number of carbonyl (C=O) groups is 3. The smallest absolute Gasteiger partial charge is 0.408 e. The highest BCUT2D eigenvalue weighted by atomic mass is 35.5. The van der Waals surface area contributed by atoms with Gasteiger partial charge in [0.15, 0.2) is 0 Å². The van der Waals surface area contributed by atoms with Crippen LogP contribution < -0.4 is 10.6 Å². The molecule has 0 radical (unpaired) electrons. The lowest BCUT2D eigenvalue weighted by Crippen LogP contribution is -2.53. The third-order valence-electron chi connectivity index (χ3n) is 5.53. The molecule has 0 aliphatic rings. The van der Waals surface area contributed by atoms with Crippen LogP contribution in [0.15, 0.2) is 42.5 Å². The number of amides is 3. The molecule has 2 atom stereocenters. The number of para-hydroxylation sites is 1. The van der Waals surface area contributed by atoms with E-state index in [1.807, 2.05) is 32.0 Å². The average Bonchev–Trinajstić information content (AvgIpc) is 2.81. The second-order valence-electron chi connectivity index (χ2n) is 9.42. The van der Waals surface area contributed by atoms with Crippen molar-refractivity contribution in [2.75, 3.05) is 18.5 Å². The van der Waals surface area contributed by atoms with Gasteiger partial charge in [0.2, 0.25) is 5.91 Å². The summed E-state index contributed by atoms with van der Waals surface area (Å²) in [5.74, 6) is -1.10. The van der Waals surface area contributed by atoms with Crippen LogP contribution in [0.1, 0.15) is 57.4 Å². The Balaban J connectivity index is 2.44. The van der Waals surface area contributed by atoms with Gasteiger partial charge in [0.1, 0.15) is 17.7 Å². The van der Waals surface area contributed by atoms with E-state index in [4.69, 9.17) is 16.3 Å². The monoisotopic (exact) mass is 517 g/mol. The number of nitrogens with one attached hydrogen (secondary N) is 2. The van der Waals surface area contributed by atoms with E-state index < -0.39 is 42.2 Å². The van der Waals surface area contributed by atoms with Crippen molar-refractivity contribution in [2.24, 2.45) is 0 Å². The Labute approximate surface area is 218 Å². The van der Waals surface area contributed by atoms with Crippen molar-refractivity contribution in [3.63, 3.8) is 0 Å². The number of aliphatic hydroxyl groups excluding tert-OH is 1. The van der Waals surface area contributed by atoms with Crippen LogP contribution in [0.2, 0.25) is 5.02 Å². The maximum atomic E-state index is 13.7. The van der Waals surface area contributed by atoms with Crippen LogP contribution in [0.3, 0.4) is 0 Å². The first-order valence-corrected chi connectivity index (χ1v) is 12.3. The maximum absolute atomic E-state index is 13.7. The predicted octanol–water partition coefficient (Wildman–Crippen LogP) is 4.62. The lowest BCUT2D eigenvalue weighted by Gasteiger charge is -2.33. The molecule has 0 heterocycles. The number of carbonyl (C=O) groups excluding carboxylic acids is 3. The molecule has 0 aliphatic carbocycles. The molecule has 0 bridgehead atoms. The molecule has 2 rings (SSSR count). The van der Waals surface area contributed by atoms with E-state index in [1.165, 1.54) is 4.90 Å². The summed E-state index contributed by atoms with van der Waals surface area (Å²) in [4.78, 5) is 40.8. The number of alkyl carbamates (subject to hydrolysis) is 1. The molecule has 196 valence electrons. The SMILES string of the molecule is CCc1ccc(C(C(=O)Nc2c(C)cccc2Cl)N(CC)C(=O)C(CO)NC(=O)OC(C)(C)C)cc1. The highest BCUT2D eigenvalue weighted by Gasteiger charge is 2.35. The summed E-state index contributed by atoms with van der Waals surface area (Å²) in [6.45, 7) is 10.1. The van der Waals surface area contributed by atoms with E-state index in [0.717, 1.165) is 17.5 Å². The molecule has 0 spiro atoms. The number of hydrogen-bond acceptors (Lipinski definition) is 5. The molecule has 0 aliphatic heterocycles. The Hall–Kier alpha value is -3.10. The highest BCUT2D eigenvalue weighted by molar-refractivity contribution is 6.34. The first-order chi connectivity index (χ1) is 16.9. The van der Waals surface area contributed by atoms with E-state index in [0.29, 0.717) is 16.3 Å². The van der Waals surface area contributed by atoms with Gasteiger partial charge in [-0.05, 0) is 63.8 Å². The second kappa shape index (κ2) is 12.7. The van der Waals surface area contributed by atoms with Crippen LogP contribution in [0.4, 0.5) is 10.5 Å². The van der Waals surface area contributed by atoms with Gasteiger partial charge in [0.05, 0.1) is 17.3 Å². The van der Waals surface area contributed by atoms with E-state index in [9.17, 15) is 19.5 Å². The van der Waals surface area contributed by atoms with Crippen LogP contribution in [-0.2, 0) is 20.7 Å². The summed E-state index contributed by atoms with van der Waals surface area (Å²) in [7, 11) is 0. The van der Waals surface area contributed by atoms with Crippen LogP contribution in [0.5, 0.6) is 0 Å². The maximum Gasteiger partial charge on any atom is 0.408 e. The zero-order valence-corrected chi connectivity index (χ0v) is 22.5. The van der Waals surface area contributed by atoms with Crippen molar-refractivity contribution >= 4 is 35.2 Å². The van der Waals surface area contributed by atoms with Gasteiger partial charge in [0.25, 0.3) is 5.91 Å². The minimum atomic E-state index is -1.30. The molecule has 2 unspecified atom stereocenters. The first kappa shape index (κ1) is 29.1. The lowest BCUT2D eigenvalue weighted by atomic mass is 10.0. The van der Waals surface area contributed by atoms with E-state index in [-0.39, 0.29) is 6.54 Å². The molecular weight excluding hydrogens is 482 g/mol. The minimum Gasteiger partial charge on any atom is -0.444 e. The van der Waals surface area contributed by atoms with Gasteiger partial charge in [-0.15, -0.1) is 0 Å². The molecule has 0 saturated carbocycles. The van der Waals surface area contributed by atoms with Crippen LogP contribution in [-0.4, -0.2) is 52.7 Å². The number of anilines is 1. The fourth-order valence-corrected chi connectivity index (χ4v) is 3.96. The molecule has 9 heteroatoms. The number of hydrogen-bond donors (Lipinski definition) is 3. The molecule has 0 saturated heterocycles. The molecule has 8 nitrogen and oxygen atoms in total. The number of ether oxygens (including phenoxy) is 1. The zero-order valence-electron chi connectivity index (χ0n) is 21.7. The van der Waals surface area contributed by atoms with Crippen molar-refractivity contribution in [1.29, 1.82) is 0 Å². The van der Waals surface area contributed by atoms with Crippen LogP contribution in [0.25, 0.3) is 0 Å². The van der Waals surface area contributed by atoms with Crippen molar-refractivity contribution < 1.29 is 24.2 Å². The number of halogens is 1. The summed E-state index contributed by atoms with van der Waals surface area (Å²) < 4.78 is 5.23. The number of benzene rings is 2. The van der Waals surface area contributed by atoms with Crippen molar-refractivity contribution in [3.8, 4) is 0 Å². The van der Waals surface area contributed by atoms with Gasteiger partial charge in [-0.1, -0.05) is 54.9 Å². The fourth-order valence-electron chi connectivity index (χ4n) is 3.69. The summed E-state index contributed by atoms with van der Waals surface area (Å²) in [6.07, 6.45) is -0.0235. The van der Waals surface area contributed by atoms with Gasteiger partial charge >= 0.3 is 6.09 Å². The number of aliphatic hydroxyl groups is 1. The van der Waals surface area contributed by atoms with Crippen LogP contribution in [0, 0.1) is 6.92 Å².